The molecule has 32 heavy (non-hydrogen) atoms. The smallest absolute Gasteiger partial charge is 0.369 e. The molecule has 7 nitrogen and oxygen atoms in total. The fourth-order valence-corrected chi connectivity index (χ4v) is 6.25. The molecule has 0 atom stereocenters. The summed E-state index contributed by atoms with van der Waals surface area (Å²) in [6.45, 7) is 2.99. The van der Waals surface area contributed by atoms with Gasteiger partial charge in [-0.15, -0.1) is 11.3 Å². The van der Waals surface area contributed by atoms with Gasteiger partial charge in [-0.25, -0.2) is 8.42 Å². The van der Waals surface area contributed by atoms with E-state index < -0.39 is 21.9 Å². The van der Waals surface area contributed by atoms with Gasteiger partial charge in [-0.05, 0) is 49.4 Å². The number of nitrogens with one attached hydrogen (secondary N) is 1. The van der Waals surface area contributed by atoms with Crippen LogP contribution in [-0.4, -0.2) is 54.9 Å². The largest absolute Gasteiger partial charge is 0.432 e. The van der Waals surface area contributed by atoms with Gasteiger partial charge in [0.1, 0.15) is 15.6 Å². The molecule has 1 fully saturated rings. The zero-order valence-electron chi connectivity index (χ0n) is 16.9. The number of piperazine rings is 1. The van der Waals surface area contributed by atoms with E-state index in [0.29, 0.717) is 23.5 Å². The highest BCUT2D eigenvalue weighted by Gasteiger charge is 2.34. The van der Waals surface area contributed by atoms with Crippen LogP contribution in [0.25, 0.3) is 10.6 Å². The Balaban J connectivity index is 1.45. The maximum absolute atomic E-state index is 13.0. The third-order valence-corrected chi connectivity index (χ3v) is 8.66. The summed E-state index contributed by atoms with van der Waals surface area (Å²) in [7, 11) is -3.77. The second-order valence-electron chi connectivity index (χ2n) is 7.28. The molecule has 0 bridgehead atoms. The number of sulfonamides is 1. The van der Waals surface area contributed by atoms with E-state index >= 15 is 0 Å². The molecule has 3 aromatic rings. The number of thiophene rings is 1. The minimum atomic E-state index is -4.55. The van der Waals surface area contributed by atoms with Crippen LogP contribution in [-0.2, 0) is 16.2 Å². The molecule has 0 radical (unpaired) electrons. The van der Waals surface area contributed by atoms with E-state index in [2.05, 4.69) is 5.10 Å². The summed E-state index contributed by atoms with van der Waals surface area (Å²) in [5, 5.41) is 5.58. The first-order valence-electron chi connectivity index (χ1n) is 9.64. The van der Waals surface area contributed by atoms with Crippen molar-refractivity contribution >= 4 is 32.8 Å². The van der Waals surface area contributed by atoms with Gasteiger partial charge in [0.2, 0.25) is 0 Å². The minimum Gasteiger partial charge on any atom is -0.369 e. The number of rotatable bonds is 5. The molecule has 1 N–H and O–H groups in total. The number of alkyl halides is 3. The van der Waals surface area contributed by atoms with Gasteiger partial charge >= 0.3 is 6.18 Å². The van der Waals surface area contributed by atoms with Crippen molar-refractivity contribution in [3.05, 3.63) is 53.7 Å². The van der Waals surface area contributed by atoms with Crippen molar-refractivity contribution in [1.82, 2.24) is 14.5 Å². The molecule has 1 aliphatic heterocycles. The Morgan fingerprint density at radius 2 is 1.72 bits per heavy atom. The average Bonchev–Trinajstić information content (AvgIpc) is 3.44. The number of aromatic nitrogens is 2. The first-order chi connectivity index (χ1) is 15.1. The maximum Gasteiger partial charge on any atom is 0.432 e. The summed E-state index contributed by atoms with van der Waals surface area (Å²) >= 11 is 0.887. The fourth-order valence-electron chi connectivity index (χ4n) is 3.41. The lowest BCUT2D eigenvalue weighted by Crippen LogP contribution is -2.48. The molecule has 12 heteroatoms. The van der Waals surface area contributed by atoms with E-state index in [1.54, 1.807) is 12.1 Å². The average molecular weight is 485 g/mol. The van der Waals surface area contributed by atoms with Crippen molar-refractivity contribution in [1.29, 1.82) is 0 Å². The van der Waals surface area contributed by atoms with E-state index in [4.69, 9.17) is 0 Å². The van der Waals surface area contributed by atoms with Gasteiger partial charge in [0.15, 0.2) is 5.78 Å². The minimum absolute atomic E-state index is 0.0211. The lowest BCUT2D eigenvalue weighted by atomic mass is 10.1. The van der Waals surface area contributed by atoms with Crippen LogP contribution in [0, 0.1) is 0 Å². The van der Waals surface area contributed by atoms with Crippen molar-refractivity contribution in [3.63, 3.8) is 0 Å². The SMILES string of the molecule is CC(=O)c1ccc(N2CCN(S(=O)(=O)c3ccc(-c4cc(C(F)(F)F)[nH]n4)s3)CC2)cc1. The second-order valence-corrected chi connectivity index (χ2v) is 10.5. The molecule has 0 saturated carbocycles. The highest BCUT2D eigenvalue weighted by Crippen LogP contribution is 2.35. The zero-order chi connectivity index (χ0) is 23.1. The number of Topliss-reactive ketones (excluding diaryl/α,β-unsaturated/α-hetero) is 1. The number of hydrogen-bond acceptors (Lipinski definition) is 6. The normalized spacial score (nSPS) is 15.8. The van der Waals surface area contributed by atoms with Crippen LogP contribution in [0.3, 0.4) is 0 Å². The lowest BCUT2D eigenvalue weighted by Gasteiger charge is -2.35. The van der Waals surface area contributed by atoms with E-state index in [-0.39, 0.29) is 28.8 Å². The molecule has 0 spiro atoms. The molecular weight excluding hydrogens is 465 g/mol. The van der Waals surface area contributed by atoms with Crippen molar-refractivity contribution in [2.24, 2.45) is 0 Å². The van der Waals surface area contributed by atoms with Crippen LogP contribution in [0.5, 0.6) is 0 Å². The lowest BCUT2D eigenvalue weighted by molar-refractivity contribution is -0.141. The molecule has 0 aliphatic carbocycles. The summed E-state index contributed by atoms with van der Waals surface area (Å²) < 4.78 is 65.8. The molecule has 0 amide bonds. The number of aromatic amines is 1. The topological polar surface area (TPSA) is 86.4 Å². The number of hydrogen-bond donors (Lipinski definition) is 1. The van der Waals surface area contributed by atoms with Gasteiger partial charge in [0, 0.05) is 37.4 Å². The van der Waals surface area contributed by atoms with Crippen LogP contribution in [0.2, 0.25) is 0 Å². The van der Waals surface area contributed by atoms with Crippen LogP contribution in [0.15, 0.2) is 46.7 Å². The molecular formula is C20H19F3N4O3S2. The standard InChI is InChI=1S/C20H19F3N4O3S2/c1-13(28)14-2-4-15(5-3-14)26-8-10-27(11-9-26)32(29,30)19-7-6-17(31-19)16-12-18(25-24-16)20(21,22)23/h2-7,12H,8-11H2,1H3,(H,24,25). The van der Waals surface area contributed by atoms with Crippen LogP contribution in [0.4, 0.5) is 18.9 Å². The number of nitrogens with zero attached hydrogens (tertiary/aromatic N) is 3. The predicted molar refractivity (Wildman–Crippen MR) is 114 cm³/mol. The summed E-state index contributed by atoms with van der Waals surface area (Å²) in [4.78, 5) is 13.8. The highest BCUT2D eigenvalue weighted by molar-refractivity contribution is 7.91. The molecule has 3 heterocycles. The quantitative estimate of drug-likeness (QED) is 0.556. The molecule has 1 aromatic carbocycles. The van der Waals surface area contributed by atoms with E-state index in [1.807, 2.05) is 22.1 Å². The Labute approximate surface area is 186 Å². The molecule has 1 saturated heterocycles. The zero-order valence-corrected chi connectivity index (χ0v) is 18.5. The number of carbonyl (C=O) groups excluding carboxylic acids is 1. The molecule has 2 aromatic heterocycles. The van der Waals surface area contributed by atoms with E-state index in [9.17, 15) is 26.4 Å². The monoisotopic (exact) mass is 484 g/mol. The van der Waals surface area contributed by atoms with Gasteiger partial charge < -0.3 is 4.90 Å². The number of halogens is 3. The summed E-state index contributed by atoms with van der Waals surface area (Å²) in [5.41, 5.74) is 0.576. The number of anilines is 1. The summed E-state index contributed by atoms with van der Waals surface area (Å²) in [5.74, 6) is -0.0211. The van der Waals surface area contributed by atoms with Gasteiger partial charge in [-0.1, -0.05) is 0 Å². The Bertz CT molecular complexity index is 1230. The second kappa shape index (κ2) is 8.34. The third kappa shape index (κ3) is 4.43. The Morgan fingerprint density at radius 1 is 1.06 bits per heavy atom. The van der Waals surface area contributed by atoms with Crippen LogP contribution >= 0.6 is 11.3 Å². The Kier molecular flexibility index (Phi) is 5.86. The first kappa shape index (κ1) is 22.5. The van der Waals surface area contributed by atoms with Gasteiger partial charge in [-0.3, -0.25) is 9.89 Å². The summed E-state index contributed by atoms with van der Waals surface area (Å²) in [6.07, 6.45) is -4.55. The molecule has 0 unspecified atom stereocenters. The molecule has 170 valence electrons. The van der Waals surface area contributed by atoms with Gasteiger partial charge in [0.25, 0.3) is 10.0 Å². The fraction of sp³-hybridized carbons (Fsp3) is 0.300. The van der Waals surface area contributed by atoms with Gasteiger partial charge in [0.05, 0.1) is 4.88 Å². The van der Waals surface area contributed by atoms with Gasteiger partial charge in [-0.2, -0.15) is 22.6 Å². The van der Waals surface area contributed by atoms with Crippen molar-refractivity contribution in [3.8, 4) is 10.6 Å². The number of benzene rings is 1. The van der Waals surface area contributed by atoms with Crippen LogP contribution < -0.4 is 4.90 Å². The Hall–Kier alpha value is -2.70. The predicted octanol–water partition coefficient (Wildman–Crippen LogP) is 3.87. The maximum atomic E-state index is 13.0. The summed E-state index contributed by atoms with van der Waals surface area (Å²) in [6, 6.07) is 10.9. The Morgan fingerprint density at radius 3 is 2.28 bits per heavy atom. The number of ketones is 1. The molecule has 4 rings (SSSR count). The van der Waals surface area contributed by atoms with Crippen molar-refractivity contribution in [2.75, 3.05) is 31.1 Å². The third-order valence-electron chi connectivity index (χ3n) is 5.19. The van der Waals surface area contributed by atoms with Crippen molar-refractivity contribution < 1.29 is 26.4 Å². The first-order valence-corrected chi connectivity index (χ1v) is 11.9. The van der Waals surface area contributed by atoms with Crippen molar-refractivity contribution in [2.45, 2.75) is 17.3 Å². The number of carbonyl (C=O) groups is 1. The highest BCUT2D eigenvalue weighted by atomic mass is 32.2. The molecule has 1 aliphatic rings. The van der Waals surface area contributed by atoms with E-state index in [0.717, 1.165) is 23.1 Å². The van der Waals surface area contributed by atoms with E-state index in [1.165, 1.54) is 23.4 Å². The number of H-pyrrole nitrogens is 1. The van der Waals surface area contributed by atoms with Crippen LogP contribution in [0.1, 0.15) is 23.0 Å².